The minimum atomic E-state index is -0.453. The molecule has 2 N–H and O–H groups in total. The highest BCUT2D eigenvalue weighted by molar-refractivity contribution is 14.1. The summed E-state index contributed by atoms with van der Waals surface area (Å²) in [6.07, 6.45) is 0. The summed E-state index contributed by atoms with van der Waals surface area (Å²) in [6, 6.07) is 3.35. The Balaban J connectivity index is 3.31. The molecular formula is C7H4ClI2NO. The number of carbonyl (C=O) groups excluding carboxylic acids is 1. The molecule has 0 aliphatic rings. The van der Waals surface area contributed by atoms with Crippen LogP contribution in [0.3, 0.4) is 0 Å². The standard InChI is InChI=1S/C7H4ClI2NO/c8-7(12)3-1-4(9)6(11)5(10)2-3/h1-2H,11H2. The zero-order valence-corrected chi connectivity index (χ0v) is 10.8. The molecule has 0 amide bonds. The van der Waals surface area contributed by atoms with Gasteiger partial charge in [0.15, 0.2) is 0 Å². The molecule has 0 spiro atoms. The van der Waals surface area contributed by atoms with Crippen molar-refractivity contribution in [2.75, 3.05) is 5.73 Å². The molecule has 0 aromatic heterocycles. The van der Waals surface area contributed by atoms with Crippen LogP contribution in [0, 0.1) is 7.14 Å². The second-order valence-electron chi connectivity index (χ2n) is 2.13. The normalized spacial score (nSPS) is 9.92. The summed E-state index contributed by atoms with van der Waals surface area (Å²) in [5, 5.41) is -0.453. The van der Waals surface area contributed by atoms with Crippen molar-refractivity contribution in [3.63, 3.8) is 0 Å². The van der Waals surface area contributed by atoms with Gasteiger partial charge in [0, 0.05) is 12.7 Å². The number of benzene rings is 1. The Morgan fingerprint density at radius 3 is 2.08 bits per heavy atom. The summed E-state index contributed by atoms with van der Waals surface area (Å²) < 4.78 is 1.70. The molecule has 12 heavy (non-hydrogen) atoms. The maximum Gasteiger partial charge on any atom is 0.252 e. The second-order valence-corrected chi connectivity index (χ2v) is 4.79. The van der Waals surface area contributed by atoms with E-state index in [4.69, 9.17) is 17.3 Å². The smallest absolute Gasteiger partial charge is 0.252 e. The van der Waals surface area contributed by atoms with Gasteiger partial charge in [0.25, 0.3) is 5.24 Å². The molecule has 0 aliphatic carbocycles. The summed E-state index contributed by atoms with van der Waals surface area (Å²) in [4.78, 5) is 10.8. The molecule has 0 fully saturated rings. The van der Waals surface area contributed by atoms with Gasteiger partial charge in [0.1, 0.15) is 0 Å². The summed E-state index contributed by atoms with van der Waals surface area (Å²) in [5.41, 5.74) is 6.86. The third kappa shape index (κ3) is 2.23. The van der Waals surface area contributed by atoms with Crippen LogP contribution < -0.4 is 5.73 Å². The van der Waals surface area contributed by atoms with Gasteiger partial charge >= 0.3 is 0 Å². The number of rotatable bonds is 1. The zero-order chi connectivity index (χ0) is 9.30. The fourth-order valence-corrected chi connectivity index (χ4v) is 2.58. The molecule has 0 bridgehead atoms. The van der Waals surface area contributed by atoms with Crippen LogP contribution in [-0.2, 0) is 0 Å². The molecule has 2 nitrogen and oxygen atoms in total. The number of hydrogen-bond acceptors (Lipinski definition) is 2. The van der Waals surface area contributed by atoms with Crippen LogP contribution in [-0.4, -0.2) is 5.24 Å². The predicted molar refractivity (Wildman–Crippen MR) is 66.5 cm³/mol. The maximum atomic E-state index is 10.8. The maximum absolute atomic E-state index is 10.8. The summed E-state index contributed by atoms with van der Waals surface area (Å²) >= 11 is 9.45. The van der Waals surface area contributed by atoms with Gasteiger partial charge in [-0.05, 0) is 68.9 Å². The fraction of sp³-hybridized carbons (Fsp3) is 0. The number of carbonyl (C=O) groups is 1. The van der Waals surface area contributed by atoms with Crippen molar-refractivity contribution in [1.29, 1.82) is 0 Å². The van der Waals surface area contributed by atoms with Gasteiger partial charge in [0.2, 0.25) is 0 Å². The van der Waals surface area contributed by atoms with Gasteiger partial charge in [-0.25, -0.2) is 0 Å². The van der Waals surface area contributed by atoms with Crippen molar-refractivity contribution in [1.82, 2.24) is 0 Å². The van der Waals surface area contributed by atoms with Crippen LogP contribution in [0.4, 0.5) is 5.69 Å². The van der Waals surface area contributed by atoms with E-state index in [0.29, 0.717) is 11.3 Å². The number of anilines is 1. The van der Waals surface area contributed by atoms with E-state index in [-0.39, 0.29) is 0 Å². The van der Waals surface area contributed by atoms with Gasteiger partial charge < -0.3 is 5.73 Å². The van der Waals surface area contributed by atoms with Crippen LogP contribution in [0.5, 0.6) is 0 Å². The lowest BCUT2D eigenvalue weighted by atomic mass is 10.2. The lowest BCUT2D eigenvalue weighted by Crippen LogP contribution is -1.97. The highest BCUT2D eigenvalue weighted by atomic mass is 127. The zero-order valence-electron chi connectivity index (χ0n) is 5.77. The topological polar surface area (TPSA) is 43.1 Å². The molecule has 5 heteroatoms. The van der Waals surface area contributed by atoms with Crippen molar-refractivity contribution >= 4 is 67.7 Å². The van der Waals surface area contributed by atoms with Gasteiger partial charge in [-0.15, -0.1) is 0 Å². The Hall–Kier alpha value is 0.440. The van der Waals surface area contributed by atoms with Crippen LogP contribution in [0.1, 0.15) is 10.4 Å². The minimum Gasteiger partial charge on any atom is -0.397 e. The Morgan fingerprint density at radius 1 is 1.33 bits per heavy atom. The van der Waals surface area contributed by atoms with Crippen molar-refractivity contribution in [3.05, 3.63) is 24.8 Å². The summed E-state index contributed by atoms with van der Waals surface area (Å²) in [7, 11) is 0. The molecule has 0 aliphatic heterocycles. The molecule has 1 rings (SSSR count). The van der Waals surface area contributed by atoms with E-state index in [1.807, 2.05) is 0 Å². The van der Waals surface area contributed by atoms with Crippen LogP contribution in [0.15, 0.2) is 12.1 Å². The molecule has 0 saturated carbocycles. The third-order valence-electron chi connectivity index (χ3n) is 1.31. The molecule has 64 valence electrons. The van der Waals surface area contributed by atoms with Crippen molar-refractivity contribution in [2.24, 2.45) is 0 Å². The van der Waals surface area contributed by atoms with E-state index < -0.39 is 5.24 Å². The lowest BCUT2D eigenvalue weighted by molar-refractivity contribution is 0.108. The van der Waals surface area contributed by atoms with Crippen molar-refractivity contribution in [3.8, 4) is 0 Å². The van der Waals surface area contributed by atoms with E-state index >= 15 is 0 Å². The minimum absolute atomic E-state index is 0.453. The highest BCUT2D eigenvalue weighted by Gasteiger charge is 2.07. The summed E-state index contributed by atoms with van der Waals surface area (Å²) in [6.45, 7) is 0. The number of halogens is 3. The Labute approximate surface area is 102 Å². The van der Waals surface area contributed by atoms with Crippen molar-refractivity contribution < 1.29 is 4.79 Å². The molecule has 0 saturated heterocycles. The lowest BCUT2D eigenvalue weighted by Gasteiger charge is -2.02. The number of nitrogen functional groups attached to an aromatic ring is 1. The molecule has 0 unspecified atom stereocenters. The van der Waals surface area contributed by atoms with Crippen molar-refractivity contribution in [2.45, 2.75) is 0 Å². The average molecular weight is 407 g/mol. The Morgan fingerprint density at radius 2 is 1.75 bits per heavy atom. The van der Waals surface area contributed by atoms with E-state index in [0.717, 1.165) is 7.14 Å². The molecule has 0 heterocycles. The van der Waals surface area contributed by atoms with Crippen LogP contribution >= 0.6 is 56.8 Å². The van der Waals surface area contributed by atoms with Crippen LogP contribution in [0.2, 0.25) is 0 Å². The first-order valence-electron chi connectivity index (χ1n) is 2.96. The van der Waals surface area contributed by atoms with E-state index in [9.17, 15) is 4.79 Å². The first kappa shape index (κ1) is 10.5. The molecule has 0 radical (unpaired) electrons. The number of nitrogens with two attached hydrogens (primary N) is 1. The summed E-state index contributed by atoms with van der Waals surface area (Å²) in [5.74, 6) is 0. The average Bonchev–Trinajstić information content (AvgIpc) is 1.99. The van der Waals surface area contributed by atoms with E-state index in [1.165, 1.54) is 0 Å². The number of hydrogen-bond donors (Lipinski definition) is 1. The largest absolute Gasteiger partial charge is 0.397 e. The first-order chi connectivity index (χ1) is 5.52. The molecule has 0 atom stereocenters. The van der Waals surface area contributed by atoms with Gasteiger partial charge in [-0.3, -0.25) is 4.79 Å². The van der Waals surface area contributed by atoms with Crippen LogP contribution in [0.25, 0.3) is 0 Å². The molecule has 1 aromatic rings. The van der Waals surface area contributed by atoms with E-state index in [2.05, 4.69) is 45.2 Å². The highest BCUT2D eigenvalue weighted by Crippen LogP contribution is 2.24. The van der Waals surface area contributed by atoms with E-state index in [1.54, 1.807) is 12.1 Å². The Kier molecular flexibility index (Phi) is 3.59. The predicted octanol–water partition coefficient (Wildman–Crippen LogP) is 2.86. The quantitative estimate of drug-likeness (QED) is 0.442. The Bertz CT molecular complexity index is 317. The molecular weight excluding hydrogens is 403 g/mol. The van der Waals surface area contributed by atoms with Gasteiger partial charge in [-0.1, -0.05) is 0 Å². The monoisotopic (exact) mass is 407 g/mol. The molecule has 1 aromatic carbocycles. The third-order valence-corrected chi connectivity index (χ3v) is 3.31. The fourth-order valence-electron chi connectivity index (χ4n) is 0.698. The van der Waals surface area contributed by atoms with Gasteiger partial charge in [0.05, 0.1) is 5.69 Å². The van der Waals surface area contributed by atoms with Gasteiger partial charge in [-0.2, -0.15) is 0 Å². The SMILES string of the molecule is Nc1c(I)cc(C(=O)Cl)cc1I. The first-order valence-corrected chi connectivity index (χ1v) is 5.50. The second kappa shape index (κ2) is 4.10.